The molecule has 3 N–H and O–H groups in total. The van der Waals surface area contributed by atoms with E-state index >= 15 is 0 Å². The first-order valence-corrected chi connectivity index (χ1v) is 7.30. The molecule has 0 unspecified atom stereocenters. The zero-order chi connectivity index (χ0) is 14.3. The highest BCUT2D eigenvalue weighted by molar-refractivity contribution is 5.90. The van der Waals surface area contributed by atoms with Crippen molar-refractivity contribution < 1.29 is 4.74 Å². The van der Waals surface area contributed by atoms with E-state index in [9.17, 15) is 0 Å². The van der Waals surface area contributed by atoms with Crippen LogP contribution in [0.2, 0.25) is 0 Å². The zero-order valence-electron chi connectivity index (χ0n) is 12.4. The third-order valence-corrected chi connectivity index (χ3v) is 4.01. The van der Waals surface area contributed by atoms with Crippen LogP contribution >= 0.6 is 0 Å². The van der Waals surface area contributed by atoms with Crippen LogP contribution in [0.15, 0.2) is 0 Å². The summed E-state index contributed by atoms with van der Waals surface area (Å²) in [6, 6.07) is 0. The fourth-order valence-corrected chi connectivity index (χ4v) is 2.91. The number of fused-ring (bicyclic) bond motifs is 3. The predicted molar refractivity (Wildman–Crippen MR) is 79.5 cm³/mol. The number of rotatable bonds is 3. The summed E-state index contributed by atoms with van der Waals surface area (Å²) in [5, 5.41) is 8.09. The van der Waals surface area contributed by atoms with E-state index in [-0.39, 0.29) is 5.60 Å². The molecule has 5 heteroatoms. The van der Waals surface area contributed by atoms with Crippen LogP contribution in [0.3, 0.4) is 0 Å². The van der Waals surface area contributed by atoms with E-state index in [1.54, 1.807) is 0 Å². The maximum Gasteiger partial charge on any atom is 0.183 e. The molecule has 0 spiro atoms. The Labute approximate surface area is 118 Å². The standard InChI is InChI=1S/C15H22N4O/c1-4-5-6-11-10-8-20-15(2,3)7-9(10)12-13(16)18-19-14(12)17-11/h4-8H2,1-3H3,(H3,16,17,18,19). The van der Waals surface area contributed by atoms with Crippen molar-refractivity contribution in [3.63, 3.8) is 0 Å². The van der Waals surface area contributed by atoms with Crippen LogP contribution in [0, 0.1) is 0 Å². The summed E-state index contributed by atoms with van der Waals surface area (Å²) in [6.45, 7) is 7.04. The number of nitrogen functional groups attached to an aromatic ring is 1. The molecule has 0 radical (unpaired) electrons. The van der Waals surface area contributed by atoms with E-state index in [0.29, 0.717) is 12.4 Å². The van der Waals surface area contributed by atoms with Crippen molar-refractivity contribution in [3.8, 4) is 0 Å². The van der Waals surface area contributed by atoms with E-state index < -0.39 is 0 Å². The molecule has 0 amide bonds. The number of nitrogens with two attached hydrogens (primary N) is 1. The van der Waals surface area contributed by atoms with Gasteiger partial charge in [-0.3, -0.25) is 5.10 Å². The summed E-state index contributed by atoms with van der Waals surface area (Å²) in [5.74, 6) is 0.614. The van der Waals surface area contributed by atoms with E-state index in [2.05, 4.69) is 31.0 Å². The summed E-state index contributed by atoms with van der Waals surface area (Å²) >= 11 is 0. The number of unbranched alkanes of at least 4 members (excludes halogenated alkanes) is 1. The van der Waals surface area contributed by atoms with Gasteiger partial charge in [-0.05, 0) is 32.3 Å². The second-order valence-electron chi connectivity index (χ2n) is 6.18. The van der Waals surface area contributed by atoms with Crippen molar-refractivity contribution in [2.45, 2.75) is 58.7 Å². The number of aryl methyl sites for hydroxylation is 1. The molecule has 3 rings (SSSR count). The Morgan fingerprint density at radius 2 is 2.15 bits per heavy atom. The van der Waals surface area contributed by atoms with Gasteiger partial charge in [-0.2, -0.15) is 5.10 Å². The molecule has 20 heavy (non-hydrogen) atoms. The van der Waals surface area contributed by atoms with Gasteiger partial charge in [-0.25, -0.2) is 4.98 Å². The molecule has 0 bridgehead atoms. The molecule has 0 saturated carbocycles. The van der Waals surface area contributed by atoms with E-state index in [1.807, 2.05) is 0 Å². The van der Waals surface area contributed by atoms with E-state index in [1.165, 1.54) is 11.1 Å². The highest BCUT2D eigenvalue weighted by Crippen LogP contribution is 2.35. The van der Waals surface area contributed by atoms with Gasteiger partial charge >= 0.3 is 0 Å². The van der Waals surface area contributed by atoms with Gasteiger partial charge in [0.25, 0.3) is 0 Å². The maximum absolute atomic E-state index is 6.04. The average Bonchev–Trinajstić information content (AvgIpc) is 2.76. The minimum atomic E-state index is -0.160. The van der Waals surface area contributed by atoms with Crippen molar-refractivity contribution in [3.05, 3.63) is 16.8 Å². The Kier molecular flexibility index (Phi) is 3.17. The molecule has 108 valence electrons. The molecule has 0 atom stereocenters. The van der Waals surface area contributed by atoms with Crippen molar-refractivity contribution in [2.75, 3.05) is 5.73 Å². The van der Waals surface area contributed by atoms with Crippen LogP contribution in [0.5, 0.6) is 0 Å². The first-order chi connectivity index (χ1) is 9.52. The first-order valence-electron chi connectivity index (χ1n) is 7.30. The molecule has 0 saturated heterocycles. The van der Waals surface area contributed by atoms with Crippen molar-refractivity contribution in [1.29, 1.82) is 0 Å². The zero-order valence-corrected chi connectivity index (χ0v) is 12.4. The van der Waals surface area contributed by atoms with Crippen LogP contribution in [0.1, 0.15) is 50.4 Å². The summed E-state index contributed by atoms with van der Waals surface area (Å²) in [4.78, 5) is 4.69. The lowest BCUT2D eigenvalue weighted by Gasteiger charge is -2.33. The van der Waals surface area contributed by atoms with Crippen LogP contribution in [0.4, 0.5) is 5.82 Å². The fraction of sp³-hybridized carbons (Fsp3) is 0.600. The normalized spacial score (nSPS) is 17.4. The Morgan fingerprint density at radius 3 is 2.90 bits per heavy atom. The number of hydrogen-bond acceptors (Lipinski definition) is 4. The highest BCUT2D eigenvalue weighted by Gasteiger charge is 2.30. The van der Waals surface area contributed by atoms with Crippen LogP contribution in [0.25, 0.3) is 11.0 Å². The smallest absolute Gasteiger partial charge is 0.183 e. The van der Waals surface area contributed by atoms with E-state index in [4.69, 9.17) is 15.5 Å². The van der Waals surface area contributed by atoms with Crippen LogP contribution in [-0.2, 0) is 24.2 Å². The summed E-state index contributed by atoms with van der Waals surface area (Å²) in [6.07, 6.45) is 4.12. The maximum atomic E-state index is 6.04. The topological polar surface area (TPSA) is 76.8 Å². The van der Waals surface area contributed by atoms with Gasteiger partial charge in [-0.1, -0.05) is 13.3 Å². The van der Waals surface area contributed by atoms with Crippen LogP contribution < -0.4 is 5.73 Å². The first kappa shape index (κ1) is 13.4. The van der Waals surface area contributed by atoms with Crippen molar-refractivity contribution >= 4 is 16.9 Å². The third kappa shape index (κ3) is 2.16. The Morgan fingerprint density at radius 1 is 1.35 bits per heavy atom. The minimum absolute atomic E-state index is 0.160. The molecule has 0 aromatic carbocycles. The Bertz CT molecular complexity index is 645. The predicted octanol–water partition coefficient (Wildman–Crippen LogP) is 2.73. The number of H-pyrrole nitrogens is 1. The molecular weight excluding hydrogens is 252 g/mol. The van der Waals surface area contributed by atoms with Crippen LogP contribution in [-0.4, -0.2) is 20.8 Å². The quantitative estimate of drug-likeness (QED) is 0.902. The second kappa shape index (κ2) is 4.74. The molecule has 1 aliphatic rings. The van der Waals surface area contributed by atoms with Gasteiger partial charge in [0.05, 0.1) is 17.6 Å². The lowest BCUT2D eigenvalue weighted by atomic mass is 9.88. The number of pyridine rings is 1. The number of ether oxygens (including phenoxy) is 1. The second-order valence-corrected chi connectivity index (χ2v) is 6.18. The van der Waals surface area contributed by atoms with Crippen molar-refractivity contribution in [1.82, 2.24) is 15.2 Å². The molecule has 0 aliphatic carbocycles. The third-order valence-electron chi connectivity index (χ3n) is 4.01. The monoisotopic (exact) mass is 274 g/mol. The summed E-state index contributed by atoms with van der Waals surface area (Å²) < 4.78 is 5.97. The van der Waals surface area contributed by atoms with Gasteiger partial charge in [-0.15, -0.1) is 0 Å². The Hall–Kier alpha value is -1.62. The summed E-state index contributed by atoms with van der Waals surface area (Å²) in [5.41, 5.74) is 10.2. The van der Waals surface area contributed by atoms with Crippen molar-refractivity contribution in [2.24, 2.45) is 0 Å². The molecular formula is C15H22N4O. The molecule has 5 nitrogen and oxygen atoms in total. The molecule has 2 aromatic heterocycles. The molecule has 2 aromatic rings. The van der Waals surface area contributed by atoms with Gasteiger partial charge < -0.3 is 10.5 Å². The fourth-order valence-electron chi connectivity index (χ4n) is 2.91. The number of hydrogen-bond donors (Lipinski definition) is 2. The van der Waals surface area contributed by atoms with Gasteiger partial charge in [0.2, 0.25) is 0 Å². The Balaban J connectivity index is 2.18. The highest BCUT2D eigenvalue weighted by atomic mass is 16.5. The van der Waals surface area contributed by atoms with E-state index in [0.717, 1.165) is 42.4 Å². The molecule has 0 fully saturated rings. The lowest BCUT2D eigenvalue weighted by Crippen LogP contribution is -2.32. The number of nitrogens with one attached hydrogen (secondary N) is 1. The summed E-state index contributed by atoms with van der Waals surface area (Å²) in [7, 11) is 0. The average molecular weight is 274 g/mol. The molecule has 3 heterocycles. The lowest BCUT2D eigenvalue weighted by molar-refractivity contribution is -0.0401. The largest absolute Gasteiger partial charge is 0.384 e. The molecule has 1 aliphatic heterocycles. The number of aromatic nitrogens is 3. The van der Waals surface area contributed by atoms with Gasteiger partial charge in [0.1, 0.15) is 5.82 Å². The van der Waals surface area contributed by atoms with Gasteiger partial charge in [0.15, 0.2) is 5.65 Å². The number of nitrogens with zero attached hydrogens (tertiary/aromatic N) is 2. The van der Waals surface area contributed by atoms with Gasteiger partial charge in [0, 0.05) is 17.7 Å². The number of anilines is 1. The number of aromatic amines is 1. The SMILES string of the molecule is CCCCc1nc2n[nH]c(N)c2c2c1COC(C)(C)C2. The minimum Gasteiger partial charge on any atom is -0.384 e.